The van der Waals surface area contributed by atoms with E-state index in [0.29, 0.717) is 55.2 Å². The number of aliphatic hydroxyl groups is 1. The third-order valence-electron chi connectivity index (χ3n) is 23.0. The Morgan fingerprint density at radius 3 is 1.15 bits per heavy atom. The number of hydrogen-bond donors (Lipinski definition) is 24. The Kier molecular flexibility index (Phi) is 37.5. The van der Waals surface area contributed by atoms with Crippen LogP contribution in [0, 0.1) is 11.8 Å². The number of rotatable bonds is 23. The molecule has 6 aromatic carbocycles. The molecule has 0 radical (unpaired) electrons. The van der Waals surface area contributed by atoms with Crippen LogP contribution < -0.4 is 80.2 Å². The Morgan fingerprint density at radius 1 is 0.409 bits per heavy atom. The van der Waals surface area contributed by atoms with E-state index in [4.69, 9.17) is 5.73 Å². The first kappa shape index (κ1) is 104. The molecule has 1 aliphatic heterocycles. The smallest absolute Gasteiger partial charge is 0.303 e. The molecule has 1 saturated heterocycles. The van der Waals surface area contributed by atoms with Crippen LogP contribution >= 0.6 is 11.8 Å². The number of benzene rings is 6. The number of phenols is 4. The van der Waals surface area contributed by atoms with Crippen LogP contribution in [0.4, 0.5) is 0 Å². The highest BCUT2D eigenvalue weighted by Crippen LogP contribution is 2.25. The van der Waals surface area contributed by atoms with Crippen molar-refractivity contribution < 1.29 is 107 Å². The van der Waals surface area contributed by atoms with Crippen LogP contribution in [-0.2, 0) is 122 Å². The molecule has 25 N–H and O–H groups in total. The van der Waals surface area contributed by atoms with Crippen LogP contribution in [0.15, 0.2) is 171 Å². The zero-order valence-corrected chi connectivity index (χ0v) is 76.8. The Morgan fingerprint density at radius 2 is 0.759 bits per heavy atom. The Labute approximate surface area is 790 Å². The molecule has 137 heavy (non-hydrogen) atoms. The average Bonchev–Trinajstić information content (AvgIpc) is 1.72. The van der Waals surface area contributed by atoms with E-state index in [1.807, 2.05) is 0 Å². The van der Waals surface area contributed by atoms with Crippen LogP contribution in [-0.4, -0.2) is 248 Å². The summed E-state index contributed by atoms with van der Waals surface area (Å²) >= 11 is 0.735. The number of para-hydroxylation sites is 2. The number of hydrogen-bond acceptors (Lipinski definition) is 23. The maximum atomic E-state index is 15.5. The number of aliphatic hydroxyl groups excluding tert-OH is 1. The lowest BCUT2D eigenvalue weighted by Crippen LogP contribution is -2.61. The van der Waals surface area contributed by atoms with E-state index >= 15 is 28.8 Å². The minimum atomic E-state index is -1.93. The number of nitrogens with one attached hydrogen (secondary N) is 17. The largest absolute Gasteiger partial charge is 0.508 e. The van der Waals surface area contributed by atoms with Crippen molar-refractivity contribution in [1.82, 2.24) is 94.4 Å². The number of carbonyl (C=O) groups excluding carboxylic acids is 15. The lowest BCUT2D eigenvalue weighted by Gasteiger charge is -2.30. The zero-order chi connectivity index (χ0) is 99.3. The van der Waals surface area contributed by atoms with Crippen molar-refractivity contribution in [3.63, 3.8) is 0 Å². The summed E-state index contributed by atoms with van der Waals surface area (Å²) in [6, 6.07) is 13.0. The number of carbonyl (C=O) groups is 16. The van der Waals surface area contributed by atoms with Gasteiger partial charge in [-0.2, -0.15) is 0 Å². The molecule has 15 atom stereocenters. The number of amides is 15. The minimum absolute atomic E-state index is 0.0614. The van der Waals surface area contributed by atoms with Gasteiger partial charge in [-0.05, 0) is 133 Å². The number of phenolic OH excluding ortho intramolecular Hbond substituents is 4. The molecule has 9 aromatic rings. The third kappa shape index (κ3) is 30.8. The van der Waals surface area contributed by atoms with Gasteiger partial charge in [0.1, 0.15) is 108 Å². The second kappa shape index (κ2) is 49.6. The maximum absolute atomic E-state index is 15.5. The van der Waals surface area contributed by atoms with Crippen molar-refractivity contribution in [3.05, 3.63) is 210 Å². The number of carboxylic acid groups (broad SMARTS) is 1. The Hall–Kier alpha value is -15.4. The molecular formula is C95H115N19O22S. The summed E-state index contributed by atoms with van der Waals surface area (Å²) in [6.45, 7) is 8.22. The normalized spacial score (nSPS) is 23.1. The first-order valence-electron chi connectivity index (χ1n) is 44.5. The lowest BCUT2D eigenvalue weighted by atomic mass is 9.95. The second-order valence-electron chi connectivity index (χ2n) is 34.1. The van der Waals surface area contributed by atoms with E-state index in [9.17, 15) is 78.6 Å². The third-order valence-corrected chi connectivity index (χ3v) is 24.1. The van der Waals surface area contributed by atoms with Crippen molar-refractivity contribution in [2.45, 2.75) is 197 Å². The Bertz CT molecular complexity index is 5760. The second-order valence-corrected chi connectivity index (χ2v) is 35.1. The highest BCUT2D eigenvalue weighted by molar-refractivity contribution is 8.00. The number of aromatic amines is 3. The van der Waals surface area contributed by atoms with Gasteiger partial charge >= 0.3 is 5.97 Å². The molecule has 1 fully saturated rings. The Balaban J connectivity index is 1.02. The summed E-state index contributed by atoms with van der Waals surface area (Å²) in [5.74, 6) is -19.6. The molecule has 10 rings (SSSR count). The number of aromatic nitrogens is 4. The lowest BCUT2D eigenvalue weighted by molar-refractivity contribution is -0.139. The molecule has 728 valence electrons. The fourth-order valence-electron chi connectivity index (χ4n) is 15.2. The van der Waals surface area contributed by atoms with E-state index in [2.05, 4.69) is 94.4 Å². The predicted molar refractivity (Wildman–Crippen MR) is 501 cm³/mol. The van der Waals surface area contributed by atoms with Gasteiger partial charge in [-0.3, -0.25) is 76.7 Å². The van der Waals surface area contributed by atoms with Crippen LogP contribution in [0.3, 0.4) is 0 Å². The molecule has 4 heterocycles. The van der Waals surface area contributed by atoms with Crippen molar-refractivity contribution in [2.24, 2.45) is 17.6 Å². The monoisotopic (exact) mass is 1910 g/mol. The number of aromatic hydroxyl groups is 4. The molecule has 0 aliphatic carbocycles. The molecule has 0 unspecified atom stereocenters. The van der Waals surface area contributed by atoms with Gasteiger partial charge in [-0.15, -0.1) is 11.8 Å². The van der Waals surface area contributed by atoms with E-state index < -0.39 is 222 Å². The van der Waals surface area contributed by atoms with Gasteiger partial charge in [-0.1, -0.05) is 119 Å². The summed E-state index contributed by atoms with van der Waals surface area (Å²) in [5, 5.41) is 99.9. The van der Waals surface area contributed by atoms with Crippen molar-refractivity contribution >= 4 is 128 Å². The van der Waals surface area contributed by atoms with E-state index in [1.165, 1.54) is 123 Å². The number of fused-ring (bicyclic) bond motifs is 2. The molecule has 0 saturated carbocycles. The average molecular weight is 1910 g/mol. The summed E-state index contributed by atoms with van der Waals surface area (Å²) in [4.78, 5) is 248. The number of H-pyrrole nitrogens is 3. The van der Waals surface area contributed by atoms with Crippen molar-refractivity contribution in [1.29, 1.82) is 0 Å². The minimum Gasteiger partial charge on any atom is -0.508 e. The number of thioether (sulfide) groups is 1. The summed E-state index contributed by atoms with van der Waals surface area (Å²) in [5.41, 5.74) is 9.49. The van der Waals surface area contributed by atoms with Gasteiger partial charge in [0, 0.05) is 97.5 Å². The van der Waals surface area contributed by atoms with E-state index in [-0.39, 0.29) is 86.0 Å². The molecule has 0 bridgehead atoms. The zero-order valence-electron chi connectivity index (χ0n) is 76.0. The molecule has 42 heteroatoms. The summed E-state index contributed by atoms with van der Waals surface area (Å²) < 4.78 is 0. The van der Waals surface area contributed by atoms with Gasteiger partial charge in [0.15, 0.2) is 0 Å². The molecule has 1 aliphatic rings. The number of imidazole rings is 1. The predicted octanol–water partition coefficient (Wildman–Crippen LogP) is 0.202. The highest BCUT2D eigenvalue weighted by atomic mass is 32.2. The highest BCUT2D eigenvalue weighted by Gasteiger charge is 2.40. The fourth-order valence-corrected chi connectivity index (χ4v) is 16.1. The topological polar surface area (TPSA) is 649 Å². The molecule has 0 spiro atoms. The first-order valence-corrected chi connectivity index (χ1v) is 45.7. The number of nitrogens with two attached hydrogens (primary N) is 1. The van der Waals surface area contributed by atoms with E-state index in [0.717, 1.165) is 11.8 Å². The molecule has 41 nitrogen and oxygen atoms in total. The number of primary amides is 1. The molecular weight excluding hydrogens is 1790 g/mol. The van der Waals surface area contributed by atoms with Crippen LogP contribution in [0.1, 0.15) is 106 Å². The van der Waals surface area contributed by atoms with Gasteiger partial charge < -0.3 is 126 Å². The van der Waals surface area contributed by atoms with Gasteiger partial charge in [0.25, 0.3) is 0 Å². The van der Waals surface area contributed by atoms with Crippen molar-refractivity contribution in [3.8, 4) is 23.0 Å². The summed E-state index contributed by atoms with van der Waals surface area (Å²) in [7, 11) is 0. The van der Waals surface area contributed by atoms with Crippen LogP contribution in [0.5, 0.6) is 23.0 Å². The SMILES string of the molecule is CC[C@H](C)[C@@H]1NC(=O)[C@H](CC(C)C)NC(=O)[C@@H](Cc2ccc(O)cc2)NC(=O)CSC[C@@H](C(N)=O)NC(=O)[C@H](CO)NC(=O)[C@H](Cc2c[nH]cn2)NC(=O)[C@H](CCC(=O)O)NC(=O)[C@H](Cc2c[nH]c3ccccc23)NC(=O)[C@H](Cc2c[nH]c3ccccc23)NC(=O)[C@H](C)NC(=O)[C@H](Cc2ccc(O)cc2)NC(=O)[C@H](Cc2ccc(O)cc2)NC(=O)[C@H](C)NC(=O)[C@H](Cc2ccc(O)cc2)NC1=O. The van der Waals surface area contributed by atoms with Crippen LogP contribution in [0.25, 0.3) is 21.8 Å². The fraction of sp³-hybridized carbons (Fsp3) is 0.379. The number of aliphatic carboxylic acids is 1. The van der Waals surface area contributed by atoms with Gasteiger partial charge in [-0.25, -0.2) is 4.98 Å². The molecule has 15 amide bonds. The van der Waals surface area contributed by atoms with Gasteiger partial charge in [0.2, 0.25) is 88.6 Å². The maximum Gasteiger partial charge on any atom is 0.303 e. The van der Waals surface area contributed by atoms with E-state index in [1.54, 1.807) is 88.6 Å². The number of carboxylic acids is 1. The number of nitrogens with zero attached hydrogens (tertiary/aromatic N) is 1. The van der Waals surface area contributed by atoms with Crippen molar-refractivity contribution in [2.75, 3.05) is 18.1 Å². The quantitative estimate of drug-likeness (QED) is 0.0407. The first-order chi connectivity index (χ1) is 65.4. The van der Waals surface area contributed by atoms with Crippen LogP contribution in [0.2, 0.25) is 0 Å². The molecule has 3 aromatic heterocycles. The standard InChI is InChI=1S/C95H115N19O22S/c1-7-50(4)81-95(136)111-72(37-55-20-28-62(118)29-21-55)87(128)102-51(5)83(124)105-73(38-56-22-30-63(119)31-23-56)89(130)108-71(36-54-18-26-61(117)27-19-54)86(127)101-52(6)84(125)106-74(39-57-42-98-66-14-10-8-12-64(57)66)91(132)109-75(40-58-43-99-67-15-11-9-13-65(58)67)90(131)104-68(32-33-80(121)122)85(126)110-76(41-59-44-97-48-100-59)92(133)112-77(45-115)94(135)113-78(82(96)123)46-137-47-79(120)103-70(35-53-16-24-60(116)25-17-53)88(129)107-69(34-49(2)3)93(134)114-81/h8-31,42-44,48-52,68-78,81,98-99,115-119H,7,32-41,45-47H2,1-6H3,(H2,96,123)(H,97,100)(H,101,127)(H,102,128)(H,103,120)(H,104,131)(H,105,124)(H,106,125)(H,107,129)(H,108,130)(H,109,132)(H,110,126)(H,111,136)(H,112,133)(H,113,135)(H,114,134)(H,121,122)/t50-,51-,52-,68-,69-,70+,71-,72-,73-,74-,75-,76-,77-,78-,81-/m0/s1. The van der Waals surface area contributed by atoms with Gasteiger partial charge in [0.05, 0.1) is 24.4 Å². The summed E-state index contributed by atoms with van der Waals surface area (Å²) in [6.07, 6.45) is 2.01.